The Morgan fingerprint density at radius 2 is 1.25 bits per heavy atom. The van der Waals surface area contributed by atoms with Crippen LogP contribution in [-0.2, 0) is 33.2 Å². The molecule has 164 valence electrons. The predicted molar refractivity (Wildman–Crippen MR) is 101 cm³/mol. The normalized spacial score (nSPS) is 51.9. The Hall–Kier alpha value is 0.0700. The second-order valence-corrected chi connectivity index (χ2v) is 8.66. The number of fused-ring (bicyclic) bond motifs is 2. The average molecular weight is 424 g/mol. The molecule has 11 atom stereocenters. The molecule has 0 saturated carbocycles. The Balaban J connectivity index is 0.00000225. The van der Waals surface area contributed by atoms with Crippen LogP contribution >= 0.6 is 9.90 Å². The quantitative estimate of drug-likeness (QED) is 0.606. The van der Waals surface area contributed by atoms with Crippen molar-refractivity contribution in [2.75, 3.05) is 0 Å². The van der Waals surface area contributed by atoms with Crippen molar-refractivity contribution in [3.63, 3.8) is 0 Å². The molecule has 10 heteroatoms. The van der Waals surface area contributed by atoms with E-state index in [1.165, 1.54) is 0 Å². The molecule has 4 aliphatic heterocycles. The Morgan fingerprint density at radius 1 is 0.714 bits per heavy atom. The van der Waals surface area contributed by atoms with E-state index in [0.717, 1.165) is 0 Å². The minimum absolute atomic E-state index is 0. The first-order valence-electron chi connectivity index (χ1n) is 9.51. The molecule has 0 amide bonds. The number of hydrogen-bond acceptors (Lipinski definition) is 9. The maximum Gasteiger partial charge on any atom is 0.187 e. The first-order valence-corrected chi connectivity index (χ1v) is 9.51. The van der Waals surface area contributed by atoms with Crippen molar-refractivity contribution in [2.24, 2.45) is 0 Å². The molecule has 0 bridgehead atoms. The van der Waals surface area contributed by atoms with Gasteiger partial charge < -0.3 is 43.4 Å². The minimum Gasteiger partial charge on any atom is -0.388 e. The lowest BCUT2D eigenvalue weighted by atomic mass is 9.98. The van der Waals surface area contributed by atoms with Gasteiger partial charge in [-0.05, 0) is 41.5 Å². The van der Waals surface area contributed by atoms with Gasteiger partial charge in [0.25, 0.3) is 0 Å². The molecule has 0 aromatic carbocycles. The Kier molecular flexibility index (Phi) is 6.21. The maximum atomic E-state index is 10.4. The summed E-state index contributed by atoms with van der Waals surface area (Å²) < 4.78 is 41.3. The lowest BCUT2D eigenvalue weighted by Gasteiger charge is -2.44. The van der Waals surface area contributed by atoms with Crippen LogP contribution in [0.1, 0.15) is 41.5 Å². The van der Waals surface area contributed by atoms with Gasteiger partial charge in [-0.2, -0.15) is 9.90 Å². The molecule has 9 nitrogen and oxygen atoms in total. The Morgan fingerprint density at radius 3 is 1.89 bits per heavy atom. The van der Waals surface area contributed by atoms with Crippen LogP contribution in [0.2, 0.25) is 0 Å². The van der Waals surface area contributed by atoms with Crippen LogP contribution in [0, 0.1) is 0 Å². The van der Waals surface area contributed by atoms with Crippen molar-refractivity contribution in [1.82, 2.24) is 0 Å². The predicted octanol–water partition coefficient (Wildman–Crippen LogP) is 0.313. The van der Waals surface area contributed by atoms with Gasteiger partial charge in [0.2, 0.25) is 0 Å². The van der Waals surface area contributed by atoms with E-state index in [-0.39, 0.29) is 9.90 Å². The lowest BCUT2D eigenvalue weighted by Crippen LogP contribution is -2.61. The number of hydrogen-bond donors (Lipinski definition) is 2. The number of ether oxygens (including phenoxy) is 7. The zero-order chi connectivity index (χ0) is 19.7. The summed E-state index contributed by atoms with van der Waals surface area (Å²) >= 11 is 0. The van der Waals surface area contributed by atoms with Gasteiger partial charge in [0.1, 0.15) is 36.6 Å². The molecule has 11 unspecified atom stereocenters. The molecule has 4 aliphatic rings. The molecule has 0 aliphatic carbocycles. The highest BCUT2D eigenvalue weighted by molar-refractivity contribution is 6.92. The van der Waals surface area contributed by atoms with Gasteiger partial charge in [-0.1, -0.05) is 0 Å². The number of rotatable bonds is 2. The third-order valence-electron chi connectivity index (χ3n) is 5.47. The van der Waals surface area contributed by atoms with Crippen LogP contribution in [0.5, 0.6) is 0 Å². The van der Waals surface area contributed by atoms with Gasteiger partial charge in [-0.25, -0.2) is 0 Å². The van der Waals surface area contributed by atoms with Crippen LogP contribution in [0.25, 0.3) is 0 Å². The molecule has 4 saturated heterocycles. The van der Waals surface area contributed by atoms with Gasteiger partial charge in [0.15, 0.2) is 24.2 Å². The third kappa shape index (κ3) is 3.99. The zero-order valence-corrected chi connectivity index (χ0v) is 18.6. The van der Waals surface area contributed by atoms with E-state index < -0.39 is 73.0 Å². The van der Waals surface area contributed by atoms with Crippen LogP contribution in [0.4, 0.5) is 0 Å². The van der Waals surface area contributed by atoms with Gasteiger partial charge in [-0.15, -0.1) is 0 Å². The van der Waals surface area contributed by atoms with Crippen LogP contribution in [-0.4, -0.2) is 83.2 Å². The summed E-state index contributed by atoms with van der Waals surface area (Å²) in [7, 11) is 0. The van der Waals surface area contributed by atoms with Crippen molar-refractivity contribution in [3.05, 3.63) is 0 Å². The third-order valence-corrected chi connectivity index (χ3v) is 5.47. The van der Waals surface area contributed by atoms with Gasteiger partial charge >= 0.3 is 0 Å². The van der Waals surface area contributed by atoms with E-state index in [1.54, 1.807) is 41.5 Å². The highest BCUT2D eigenvalue weighted by atomic mass is 31.0. The summed E-state index contributed by atoms with van der Waals surface area (Å²) in [6, 6.07) is 0. The fourth-order valence-corrected chi connectivity index (χ4v) is 4.31. The number of aliphatic hydroxyl groups excluding tert-OH is 2. The molecule has 2 N–H and O–H groups in total. The van der Waals surface area contributed by atoms with Crippen molar-refractivity contribution in [1.29, 1.82) is 0 Å². The van der Waals surface area contributed by atoms with Gasteiger partial charge in [0, 0.05) is 0 Å². The van der Waals surface area contributed by atoms with Gasteiger partial charge in [0.05, 0.1) is 12.2 Å². The largest absolute Gasteiger partial charge is 0.388 e. The van der Waals surface area contributed by atoms with Crippen LogP contribution < -0.4 is 0 Å². The molecular weight excluding hydrogens is 391 g/mol. The molecule has 4 heterocycles. The van der Waals surface area contributed by atoms with E-state index in [4.69, 9.17) is 33.2 Å². The SMILES string of the molecule is CC1OC(OC2C(C)OC(O)C3OC(C)(C)OC23)C2OC(C)(C)OC2C1O.P. The molecular formula is C18H33O9P. The second-order valence-electron chi connectivity index (χ2n) is 8.66. The first kappa shape index (κ1) is 22.7. The number of aliphatic hydroxyl groups is 2. The van der Waals surface area contributed by atoms with E-state index in [2.05, 4.69) is 0 Å². The van der Waals surface area contributed by atoms with Crippen molar-refractivity contribution >= 4 is 9.90 Å². The molecule has 4 fully saturated rings. The van der Waals surface area contributed by atoms with Crippen molar-refractivity contribution in [3.8, 4) is 0 Å². The minimum atomic E-state index is -1.10. The molecule has 0 spiro atoms. The van der Waals surface area contributed by atoms with Crippen molar-refractivity contribution < 1.29 is 43.4 Å². The van der Waals surface area contributed by atoms with Gasteiger partial charge in [-0.3, -0.25) is 0 Å². The van der Waals surface area contributed by atoms with Crippen LogP contribution in [0.15, 0.2) is 0 Å². The van der Waals surface area contributed by atoms with E-state index in [9.17, 15) is 10.2 Å². The zero-order valence-electron chi connectivity index (χ0n) is 17.2. The second kappa shape index (κ2) is 7.64. The first-order chi connectivity index (χ1) is 12.5. The summed E-state index contributed by atoms with van der Waals surface area (Å²) in [6.45, 7) is 10.7. The molecule has 0 radical (unpaired) electrons. The van der Waals surface area contributed by atoms with E-state index >= 15 is 0 Å². The standard InChI is InChI=1S/C18H30O9.H3P/c1-7-9(19)11-14(27-17(3,4)24-11)16(22-7)23-10-8(2)21-15(20)13-12(10)25-18(5,6)26-13;/h7-16,19-20H,1-6H3;1H3. The molecule has 28 heavy (non-hydrogen) atoms. The Bertz CT molecular complexity index is 573. The smallest absolute Gasteiger partial charge is 0.187 e. The maximum absolute atomic E-state index is 10.4. The fraction of sp³-hybridized carbons (Fsp3) is 1.00. The molecule has 0 aromatic heterocycles. The summed E-state index contributed by atoms with van der Waals surface area (Å²) in [4.78, 5) is 0. The van der Waals surface area contributed by atoms with E-state index in [0.29, 0.717) is 0 Å². The average Bonchev–Trinajstić information content (AvgIpc) is 3.04. The summed E-state index contributed by atoms with van der Waals surface area (Å²) in [5.74, 6) is -1.71. The monoisotopic (exact) mass is 424 g/mol. The van der Waals surface area contributed by atoms with Crippen molar-refractivity contribution in [2.45, 2.75) is 115 Å². The Labute approximate surface area is 168 Å². The van der Waals surface area contributed by atoms with E-state index in [1.807, 2.05) is 0 Å². The summed E-state index contributed by atoms with van der Waals surface area (Å²) in [5, 5.41) is 20.6. The lowest BCUT2D eigenvalue weighted by molar-refractivity contribution is -0.328. The highest BCUT2D eigenvalue weighted by Gasteiger charge is 2.59. The fourth-order valence-electron chi connectivity index (χ4n) is 4.31. The van der Waals surface area contributed by atoms with Crippen LogP contribution in [0.3, 0.4) is 0 Å². The molecule has 0 aromatic rings. The summed E-state index contributed by atoms with van der Waals surface area (Å²) in [5.41, 5.74) is 0. The highest BCUT2D eigenvalue weighted by Crippen LogP contribution is 2.42. The molecule has 4 rings (SSSR count). The topological polar surface area (TPSA) is 105 Å². The summed E-state index contributed by atoms with van der Waals surface area (Å²) in [6.07, 6.45) is -6.57.